The number of benzene rings is 3. The van der Waals surface area contributed by atoms with Crippen molar-refractivity contribution in [2.45, 2.75) is 37.9 Å². The van der Waals surface area contributed by atoms with Crippen molar-refractivity contribution >= 4 is 17.5 Å². The van der Waals surface area contributed by atoms with Crippen LogP contribution in [0.1, 0.15) is 36.3 Å². The van der Waals surface area contributed by atoms with Gasteiger partial charge in [0.2, 0.25) is 0 Å². The van der Waals surface area contributed by atoms with Crippen molar-refractivity contribution in [2.24, 2.45) is 0 Å². The summed E-state index contributed by atoms with van der Waals surface area (Å²) in [6, 6.07) is 17.2. The van der Waals surface area contributed by atoms with E-state index in [0.29, 0.717) is 58.1 Å². The van der Waals surface area contributed by atoms with Gasteiger partial charge in [0, 0.05) is 39.3 Å². The van der Waals surface area contributed by atoms with Crippen molar-refractivity contribution in [3.8, 4) is 11.5 Å². The summed E-state index contributed by atoms with van der Waals surface area (Å²) < 4.78 is 50.5. The molecule has 1 amide bonds. The number of likely N-dealkylation sites (tertiary alicyclic amines) is 1. The number of rotatable bonds is 14. The average molecular weight is 626 g/mol. The summed E-state index contributed by atoms with van der Waals surface area (Å²) in [5.74, 6) is 0.580. The van der Waals surface area contributed by atoms with E-state index in [4.69, 9.17) is 18.9 Å². The maximum atomic E-state index is 13.8. The number of hydrogen-bond acceptors (Lipinski definition) is 7. The fourth-order valence-corrected chi connectivity index (χ4v) is 5.81. The molecule has 1 saturated heterocycles. The molecule has 0 saturated carbocycles. The van der Waals surface area contributed by atoms with Gasteiger partial charge in [0.05, 0.1) is 43.8 Å². The van der Waals surface area contributed by atoms with Gasteiger partial charge in [0.1, 0.15) is 29.7 Å². The first-order valence-electron chi connectivity index (χ1n) is 15.4. The molecule has 1 fully saturated rings. The second kappa shape index (κ2) is 15.8. The lowest BCUT2D eigenvalue weighted by Crippen LogP contribution is -2.46. The lowest BCUT2D eigenvalue weighted by molar-refractivity contribution is -0.0199. The number of carboxylic acid groups (broad SMARTS) is 1. The molecule has 2 N–H and O–H groups in total. The Morgan fingerprint density at radius 1 is 1.04 bits per heavy atom. The number of ether oxygens (including phenoxy) is 4. The number of hydrogen-bond donors (Lipinski definition) is 2. The molecular formula is C34H41F2N3O6. The Labute approximate surface area is 262 Å². The molecule has 3 aromatic rings. The Morgan fingerprint density at radius 2 is 1.89 bits per heavy atom. The molecule has 2 atom stereocenters. The van der Waals surface area contributed by atoms with Gasteiger partial charge in [-0.2, -0.15) is 0 Å². The highest BCUT2D eigenvalue weighted by molar-refractivity contribution is 5.65. The van der Waals surface area contributed by atoms with Crippen LogP contribution in [0.4, 0.5) is 25.0 Å². The predicted octanol–water partition coefficient (Wildman–Crippen LogP) is 6.13. The molecule has 0 aliphatic carbocycles. The van der Waals surface area contributed by atoms with Gasteiger partial charge in [0.15, 0.2) is 0 Å². The summed E-state index contributed by atoms with van der Waals surface area (Å²) in [4.78, 5) is 15.5. The Kier molecular flexibility index (Phi) is 11.3. The Bertz CT molecular complexity index is 1410. The molecule has 45 heavy (non-hydrogen) atoms. The van der Waals surface area contributed by atoms with Crippen LogP contribution < -0.4 is 19.7 Å². The zero-order valence-electron chi connectivity index (χ0n) is 25.6. The normalized spacial score (nSPS) is 17.8. The highest BCUT2D eigenvalue weighted by atomic mass is 19.1. The number of nitrogens with zero attached hydrogens (tertiary/aromatic N) is 2. The molecule has 0 aromatic heterocycles. The maximum Gasteiger partial charge on any atom is 0.407 e. The fraction of sp³-hybridized carbons (Fsp3) is 0.441. The number of piperidine rings is 1. The Morgan fingerprint density at radius 3 is 2.69 bits per heavy atom. The minimum absolute atomic E-state index is 0.0199. The van der Waals surface area contributed by atoms with Crippen molar-refractivity contribution < 1.29 is 37.6 Å². The standard InChI is InChI=1S/C34H41F2N3O6/c1-42-17-3-14-38-16-19-44-32-11-4-24(20-31(32)38)23-45-33-22-39(34(40)41)15-12-28(33)25-5-8-27(9-6-25)43-18-2-13-37-30-21-26(35)7-10-29(30)36/h4-11,20-21,28,33,37H,2-3,12-19,22-23H2,1H3,(H,40,41). The van der Waals surface area contributed by atoms with Crippen molar-refractivity contribution in [3.63, 3.8) is 0 Å². The topological polar surface area (TPSA) is 92.7 Å². The van der Waals surface area contributed by atoms with E-state index in [0.717, 1.165) is 60.3 Å². The fourth-order valence-electron chi connectivity index (χ4n) is 5.81. The summed E-state index contributed by atoms with van der Waals surface area (Å²) in [6.45, 7) is 4.93. The maximum absolute atomic E-state index is 13.8. The van der Waals surface area contributed by atoms with Gasteiger partial charge in [-0.25, -0.2) is 13.6 Å². The number of fused-ring (bicyclic) bond motifs is 1. The van der Waals surface area contributed by atoms with Crippen LogP contribution in [0.2, 0.25) is 0 Å². The van der Waals surface area contributed by atoms with Gasteiger partial charge in [-0.05, 0) is 72.9 Å². The summed E-state index contributed by atoms with van der Waals surface area (Å²) >= 11 is 0. The third kappa shape index (κ3) is 8.76. The van der Waals surface area contributed by atoms with Crippen LogP contribution >= 0.6 is 0 Å². The zero-order valence-corrected chi connectivity index (χ0v) is 25.6. The largest absolute Gasteiger partial charge is 0.494 e. The van der Waals surface area contributed by atoms with Crippen LogP contribution in [0.5, 0.6) is 11.5 Å². The number of amides is 1. The molecule has 3 aromatic carbocycles. The molecule has 0 spiro atoms. The van der Waals surface area contributed by atoms with E-state index in [9.17, 15) is 18.7 Å². The van der Waals surface area contributed by atoms with E-state index >= 15 is 0 Å². The molecule has 0 bridgehead atoms. The van der Waals surface area contributed by atoms with Gasteiger partial charge in [0.25, 0.3) is 0 Å². The van der Waals surface area contributed by atoms with Gasteiger partial charge >= 0.3 is 6.09 Å². The number of carbonyl (C=O) groups is 1. The first-order chi connectivity index (χ1) is 21.9. The number of methoxy groups -OCH3 is 1. The second-order valence-electron chi connectivity index (χ2n) is 11.3. The average Bonchev–Trinajstić information content (AvgIpc) is 3.05. The van der Waals surface area contributed by atoms with E-state index in [2.05, 4.69) is 16.3 Å². The summed E-state index contributed by atoms with van der Waals surface area (Å²) in [5, 5.41) is 12.6. The molecule has 0 radical (unpaired) electrons. The number of anilines is 2. The van der Waals surface area contributed by atoms with Crippen molar-refractivity contribution in [1.29, 1.82) is 0 Å². The monoisotopic (exact) mass is 625 g/mol. The first kappa shape index (κ1) is 32.3. The van der Waals surface area contributed by atoms with E-state index in [1.165, 1.54) is 4.90 Å². The molecule has 2 unspecified atom stereocenters. The smallest absolute Gasteiger partial charge is 0.407 e. The minimum Gasteiger partial charge on any atom is -0.494 e. The van der Waals surface area contributed by atoms with Crippen molar-refractivity contribution in [1.82, 2.24) is 4.90 Å². The summed E-state index contributed by atoms with van der Waals surface area (Å²) in [5.41, 5.74) is 3.23. The van der Waals surface area contributed by atoms with E-state index < -0.39 is 17.7 Å². The minimum atomic E-state index is -0.946. The van der Waals surface area contributed by atoms with Gasteiger partial charge in [-0.15, -0.1) is 0 Å². The van der Waals surface area contributed by atoms with Crippen LogP contribution in [0.25, 0.3) is 0 Å². The Balaban J connectivity index is 1.17. The predicted molar refractivity (Wildman–Crippen MR) is 168 cm³/mol. The van der Waals surface area contributed by atoms with E-state index in [-0.39, 0.29) is 24.3 Å². The third-order valence-electron chi connectivity index (χ3n) is 8.19. The number of nitrogens with one attached hydrogen (secondary N) is 1. The SMILES string of the molecule is COCCCN1CCOc2ccc(COC3CN(C(=O)O)CCC3c3ccc(OCCCNc4cc(F)ccc4F)cc3)cc21. The highest BCUT2D eigenvalue weighted by Gasteiger charge is 2.33. The lowest BCUT2D eigenvalue weighted by Gasteiger charge is -2.37. The molecule has 2 aliphatic heterocycles. The zero-order chi connectivity index (χ0) is 31.6. The highest BCUT2D eigenvalue weighted by Crippen LogP contribution is 2.35. The molecule has 11 heteroatoms. The molecule has 9 nitrogen and oxygen atoms in total. The molecule has 5 rings (SSSR count). The summed E-state index contributed by atoms with van der Waals surface area (Å²) in [7, 11) is 1.71. The molecule has 242 valence electrons. The van der Waals surface area contributed by atoms with Crippen LogP contribution in [0.15, 0.2) is 60.7 Å². The van der Waals surface area contributed by atoms with Gasteiger partial charge in [-0.1, -0.05) is 18.2 Å². The van der Waals surface area contributed by atoms with Crippen molar-refractivity contribution in [3.05, 3.63) is 83.4 Å². The third-order valence-corrected chi connectivity index (χ3v) is 8.19. The van der Waals surface area contributed by atoms with Crippen LogP contribution in [-0.4, -0.2) is 81.9 Å². The van der Waals surface area contributed by atoms with Crippen molar-refractivity contribution in [2.75, 3.05) is 69.9 Å². The Hall–Kier alpha value is -4.09. The number of halogens is 2. The summed E-state index contributed by atoms with van der Waals surface area (Å²) in [6.07, 6.45) is 0.898. The second-order valence-corrected chi connectivity index (χ2v) is 11.3. The molecular weight excluding hydrogens is 584 g/mol. The molecule has 2 aliphatic rings. The van der Waals surface area contributed by atoms with E-state index in [1.807, 2.05) is 36.4 Å². The molecule has 2 heterocycles. The van der Waals surface area contributed by atoms with Gasteiger partial charge in [-0.3, -0.25) is 0 Å². The van der Waals surface area contributed by atoms with Crippen LogP contribution in [-0.2, 0) is 16.1 Å². The van der Waals surface area contributed by atoms with E-state index in [1.54, 1.807) is 7.11 Å². The lowest BCUT2D eigenvalue weighted by atomic mass is 9.87. The van der Waals surface area contributed by atoms with Crippen LogP contribution in [0.3, 0.4) is 0 Å². The first-order valence-corrected chi connectivity index (χ1v) is 15.4. The quantitative estimate of drug-likeness (QED) is 0.207. The van der Waals surface area contributed by atoms with Crippen LogP contribution in [0, 0.1) is 11.6 Å². The van der Waals surface area contributed by atoms with Gasteiger partial charge < -0.3 is 39.2 Å².